The zero-order valence-electron chi connectivity index (χ0n) is 9.70. The first kappa shape index (κ1) is 14.3. The average molecular weight is 262 g/mol. The van der Waals surface area contributed by atoms with Crippen molar-refractivity contribution in [3.8, 4) is 0 Å². The van der Waals surface area contributed by atoms with Gasteiger partial charge in [0.1, 0.15) is 13.2 Å². The quantitative estimate of drug-likeness (QED) is 0.842. The number of anilines is 2. The van der Waals surface area contributed by atoms with Gasteiger partial charge < -0.3 is 15.4 Å². The number of benzene rings is 1. The Morgan fingerprint density at radius 2 is 1.89 bits per heavy atom. The van der Waals surface area contributed by atoms with Gasteiger partial charge in [0.25, 0.3) is 5.91 Å². The van der Waals surface area contributed by atoms with Gasteiger partial charge in [-0.1, -0.05) is 0 Å². The van der Waals surface area contributed by atoms with Crippen LogP contribution < -0.4 is 10.6 Å². The Morgan fingerprint density at radius 3 is 2.39 bits per heavy atom. The predicted octanol–water partition coefficient (Wildman–Crippen LogP) is 1.81. The van der Waals surface area contributed by atoms with E-state index in [1.807, 2.05) is 0 Å². The maximum absolute atomic E-state index is 11.8. The first-order chi connectivity index (χ1) is 8.29. The summed E-state index contributed by atoms with van der Waals surface area (Å²) < 4.78 is 39.7. The molecule has 0 saturated heterocycles. The smallest absolute Gasteiger partial charge is 0.399 e. The molecule has 0 aliphatic rings. The van der Waals surface area contributed by atoms with Gasteiger partial charge in [-0.05, 0) is 24.3 Å². The van der Waals surface area contributed by atoms with E-state index < -0.39 is 25.3 Å². The monoisotopic (exact) mass is 262 g/mol. The standard InChI is InChI=1S/C11H13F3N2O2/c1-16(9-4-2-8(15)3-5-9)10(17)6-18-7-11(12,13)14/h2-5H,6-7,15H2,1H3. The lowest BCUT2D eigenvalue weighted by atomic mass is 10.2. The van der Waals surface area contributed by atoms with Gasteiger partial charge in [-0.3, -0.25) is 4.79 Å². The van der Waals surface area contributed by atoms with E-state index in [9.17, 15) is 18.0 Å². The lowest BCUT2D eigenvalue weighted by Crippen LogP contribution is -2.31. The third kappa shape index (κ3) is 4.62. The number of likely N-dealkylation sites (N-methyl/N-ethyl adjacent to an activating group) is 1. The van der Waals surface area contributed by atoms with Crippen molar-refractivity contribution < 1.29 is 22.7 Å². The molecular formula is C11H13F3N2O2. The zero-order chi connectivity index (χ0) is 13.8. The number of rotatable bonds is 4. The van der Waals surface area contributed by atoms with Gasteiger partial charge in [-0.15, -0.1) is 0 Å². The van der Waals surface area contributed by atoms with E-state index in [-0.39, 0.29) is 0 Å². The van der Waals surface area contributed by atoms with Crippen molar-refractivity contribution in [2.75, 3.05) is 30.9 Å². The van der Waals surface area contributed by atoms with Crippen LogP contribution in [0.1, 0.15) is 0 Å². The lowest BCUT2D eigenvalue weighted by molar-refractivity contribution is -0.175. The van der Waals surface area contributed by atoms with E-state index in [2.05, 4.69) is 4.74 Å². The molecule has 0 radical (unpaired) electrons. The number of nitrogen functional groups attached to an aromatic ring is 1. The number of hydrogen-bond acceptors (Lipinski definition) is 3. The molecule has 0 unspecified atom stereocenters. The Bertz CT molecular complexity index is 404. The van der Waals surface area contributed by atoms with Crippen LogP contribution in [0.4, 0.5) is 24.5 Å². The molecule has 0 atom stereocenters. The summed E-state index contributed by atoms with van der Waals surface area (Å²) in [6.45, 7) is -2.06. The minimum absolute atomic E-state index is 0.532. The van der Waals surface area contributed by atoms with Crippen LogP contribution in [0.2, 0.25) is 0 Å². The average Bonchev–Trinajstić information content (AvgIpc) is 2.27. The largest absolute Gasteiger partial charge is 0.411 e. The highest BCUT2D eigenvalue weighted by atomic mass is 19.4. The Kier molecular flexibility index (Phi) is 4.55. The molecule has 0 bridgehead atoms. The molecule has 1 aromatic rings. The Morgan fingerprint density at radius 1 is 1.33 bits per heavy atom. The molecule has 0 aliphatic heterocycles. The second-order valence-electron chi connectivity index (χ2n) is 3.65. The van der Waals surface area contributed by atoms with Crippen molar-refractivity contribution in [3.05, 3.63) is 24.3 Å². The Labute approximate surface area is 102 Å². The molecule has 1 aromatic carbocycles. The molecule has 18 heavy (non-hydrogen) atoms. The fourth-order valence-corrected chi connectivity index (χ4v) is 1.19. The third-order valence-corrected chi connectivity index (χ3v) is 2.15. The van der Waals surface area contributed by atoms with Crippen molar-refractivity contribution in [2.24, 2.45) is 0 Å². The molecule has 1 amide bonds. The van der Waals surface area contributed by atoms with E-state index >= 15 is 0 Å². The van der Waals surface area contributed by atoms with Crippen molar-refractivity contribution >= 4 is 17.3 Å². The van der Waals surface area contributed by atoms with Crippen LogP contribution >= 0.6 is 0 Å². The van der Waals surface area contributed by atoms with Crippen molar-refractivity contribution in [1.29, 1.82) is 0 Å². The summed E-state index contributed by atoms with van der Waals surface area (Å²) in [7, 11) is 1.45. The maximum Gasteiger partial charge on any atom is 0.411 e. The molecule has 0 fully saturated rings. The van der Waals surface area contributed by atoms with Crippen LogP contribution in [-0.2, 0) is 9.53 Å². The van der Waals surface area contributed by atoms with Crippen molar-refractivity contribution in [3.63, 3.8) is 0 Å². The molecule has 1 rings (SSSR count). The number of nitrogens with zero attached hydrogens (tertiary/aromatic N) is 1. The normalized spacial score (nSPS) is 11.3. The summed E-state index contributed by atoms with van der Waals surface area (Å²) in [6, 6.07) is 6.37. The number of alkyl halides is 3. The van der Waals surface area contributed by atoms with Crippen molar-refractivity contribution in [2.45, 2.75) is 6.18 Å². The molecular weight excluding hydrogens is 249 g/mol. The molecule has 0 aliphatic carbocycles. The summed E-state index contributed by atoms with van der Waals surface area (Å²) in [5.41, 5.74) is 6.55. The van der Waals surface area contributed by atoms with Gasteiger partial charge in [0.2, 0.25) is 0 Å². The van der Waals surface area contributed by atoms with Crippen LogP contribution in [0.25, 0.3) is 0 Å². The fraction of sp³-hybridized carbons (Fsp3) is 0.364. The molecule has 2 N–H and O–H groups in total. The second-order valence-corrected chi connectivity index (χ2v) is 3.65. The third-order valence-electron chi connectivity index (χ3n) is 2.15. The van der Waals surface area contributed by atoms with E-state index in [4.69, 9.17) is 5.73 Å². The van der Waals surface area contributed by atoms with Gasteiger partial charge in [-0.25, -0.2) is 0 Å². The van der Waals surface area contributed by atoms with Gasteiger partial charge >= 0.3 is 6.18 Å². The van der Waals surface area contributed by atoms with Gasteiger partial charge in [0.05, 0.1) is 0 Å². The summed E-state index contributed by atoms with van der Waals surface area (Å²) in [5, 5.41) is 0. The molecule has 0 heterocycles. The van der Waals surface area contributed by atoms with E-state index in [0.717, 1.165) is 0 Å². The second kappa shape index (κ2) is 5.72. The zero-order valence-corrected chi connectivity index (χ0v) is 9.70. The molecule has 0 saturated carbocycles. The van der Waals surface area contributed by atoms with Crippen LogP contribution in [0, 0.1) is 0 Å². The molecule has 0 aromatic heterocycles. The molecule has 4 nitrogen and oxygen atoms in total. The molecule has 7 heteroatoms. The summed E-state index contributed by atoms with van der Waals surface area (Å²) in [6.07, 6.45) is -4.43. The Balaban J connectivity index is 2.49. The maximum atomic E-state index is 11.8. The number of ether oxygens (including phenoxy) is 1. The van der Waals surface area contributed by atoms with Crippen molar-refractivity contribution in [1.82, 2.24) is 0 Å². The van der Waals surface area contributed by atoms with Crippen LogP contribution in [0.15, 0.2) is 24.3 Å². The first-order valence-corrected chi connectivity index (χ1v) is 5.06. The minimum Gasteiger partial charge on any atom is -0.399 e. The van der Waals surface area contributed by atoms with E-state index in [1.165, 1.54) is 11.9 Å². The topological polar surface area (TPSA) is 55.6 Å². The summed E-state index contributed by atoms with van der Waals surface area (Å²) in [5.74, 6) is -0.566. The summed E-state index contributed by atoms with van der Waals surface area (Å²) >= 11 is 0. The number of carbonyl (C=O) groups excluding carboxylic acids is 1. The minimum atomic E-state index is -4.43. The lowest BCUT2D eigenvalue weighted by Gasteiger charge is -2.17. The number of hydrogen-bond donors (Lipinski definition) is 1. The fourth-order valence-electron chi connectivity index (χ4n) is 1.19. The van der Waals surface area contributed by atoms with Gasteiger partial charge in [-0.2, -0.15) is 13.2 Å². The summed E-state index contributed by atoms with van der Waals surface area (Å²) in [4.78, 5) is 12.7. The van der Waals surface area contributed by atoms with Crippen LogP contribution in [-0.4, -0.2) is 32.3 Å². The number of amides is 1. The number of carbonyl (C=O) groups is 1. The highest BCUT2D eigenvalue weighted by Crippen LogP contribution is 2.16. The first-order valence-electron chi connectivity index (χ1n) is 5.06. The van der Waals surface area contributed by atoms with E-state index in [0.29, 0.717) is 11.4 Å². The highest BCUT2D eigenvalue weighted by molar-refractivity contribution is 5.93. The van der Waals surface area contributed by atoms with Crippen LogP contribution in [0.3, 0.4) is 0 Å². The number of halogens is 3. The van der Waals surface area contributed by atoms with Gasteiger partial charge in [0.15, 0.2) is 0 Å². The highest BCUT2D eigenvalue weighted by Gasteiger charge is 2.28. The van der Waals surface area contributed by atoms with Crippen LogP contribution in [0.5, 0.6) is 0 Å². The molecule has 100 valence electrons. The Hall–Kier alpha value is -1.76. The predicted molar refractivity (Wildman–Crippen MR) is 61.1 cm³/mol. The SMILES string of the molecule is CN(C(=O)COCC(F)(F)F)c1ccc(N)cc1. The molecule has 0 spiro atoms. The van der Waals surface area contributed by atoms with Gasteiger partial charge in [0, 0.05) is 18.4 Å². The van der Waals surface area contributed by atoms with E-state index in [1.54, 1.807) is 24.3 Å². The number of nitrogens with two attached hydrogens (primary N) is 1.